The molecule has 2 rings (SSSR count). The number of aromatic nitrogens is 3. The van der Waals surface area contributed by atoms with Crippen molar-refractivity contribution < 1.29 is 4.74 Å². The number of fused-ring (bicyclic) bond motifs is 1. The van der Waals surface area contributed by atoms with Gasteiger partial charge >= 0.3 is 0 Å². The second-order valence-corrected chi connectivity index (χ2v) is 11.7. The van der Waals surface area contributed by atoms with E-state index in [9.17, 15) is 0 Å². The van der Waals surface area contributed by atoms with E-state index in [0.717, 1.165) is 23.3 Å². The van der Waals surface area contributed by atoms with Crippen LogP contribution in [0, 0.1) is 0 Å². The molecule has 0 aromatic carbocycles. The number of nitrogens with zero attached hydrogens (tertiary/aromatic N) is 3. The van der Waals surface area contributed by atoms with Crippen molar-refractivity contribution in [1.82, 2.24) is 14.8 Å². The van der Waals surface area contributed by atoms with Crippen molar-refractivity contribution >= 4 is 30.7 Å². The van der Waals surface area contributed by atoms with Crippen LogP contribution in [0.25, 0.3) is 11.0 Å². The fourth-order valence-corrected chi connectivity index (χ4v) is 2.62. The van der Waals surface area contributed by atoms with E-state index in [0.29, 0.717) is 12.6 Å². The molecule has 104 valence electrons. The molecule has 0 unspecified atom stereocenters. The molecule has 0 fully saturated rings. The molecule has 2 aromatic rings. The normalized spacial score (nSPS) is 12.2. The lowest BCUT2D eigenvalue weighted by Crippen LogP contribution is -2.22. The summed E-state index contributed by atoms with van der Waals surface area (Å²) in [6.07, 6.45) is 1.76. The average molecular weight is 298 g/mol. The third kappa shape index (κ3) is 4.02. The number of alkyl halides is 1. The van der Waals surface area contributed by atoms with Crippen LogP contribution in [0.3, 0.4) is 0 Å². The Bertz CT molecular complexity index is 550. The van der Waals surface area contributed by atoms with Gasteiger partial charge < -0.3 is 4.74 Å². The summed E-state index contributed by atoms with van der Waals surface area (Å²) in [6, 6.07) is 5.09. The molecule has 6 heteroatoms. The first-order chi connectivity index (χ1) is 8.99. The topological polar surface area (TPSA) is 39.9 Å². The van der Waals surface area contributed by atoms with Crippen molar-refractivity contribution in [2.24, 2.45) is 0 Å². The second-order valence-electron chi connectivity index (χ2n) is 5.83. The van der Waals surface area contributed by atoms with Gasteiger partial charge in [0.2, 0.25) is 0 Å². The molecule has 0 aliphatic rings. The van der Waals surface area contributed by atoms with Gasteiger partial charge in [0.05, 0.1) is 23.3 Å². The van der Waals surface area contributed by atoms with E-state index >= 15 is 0 Å². The molecule has 4 nitrogen and oxygen atoms in total. The zero-order valence-corrected chi connectivity index (χ0v) is 13.4. The maximum absolute atomic E-state index is 5.77. The smallest absolute Gasteiger partial charge is 0.140 e. The summed E-state index contributed by atoms with van der Waals surface area (Å²) in [5.41, 5.74) is 2.72. The molecule has 0 amide bonds. The first-order valence-electron chi connectivity index (χ1n) is 6.45. The van der Waals surface area contributed by atoms with Gasteiger partial charge in [-0.25, -0.2) is 9.67 Å². The Labute approximate surface area is 119 Å². The minimum atomic E-state index is -1.03. The summed E-state index contributed by atoms with van der Waals surface area (Å²) in [5.74, 6) is 0.424. The van der Waals surface area contributed by atoms with Crippen molar-refractivity contribution in [3.05, 3.63) is 24.0 Å². The third-order valence-electron chi connectivity index (χ3n) is 2.90. The van der Waals surface area contributed by atoms with Crippen molar-refractivity contribution in [1.29, 1.82) is 0 Å². The maximum Gasteiger partial charge on any atom is 0.140 e. The second kappa shape index (κ2) is 6.03. The fraction of sp³-hybridized carbons (Fsp3) is 0.538. The molecule has 0 radical (unpaired) electrons. The highest BCUT2D eigenvalue weighted by Gasteiger charge is 2.12. The van der Waals surface area contributed by atoms with Gasteiger partial charge in [-0.1, -0.05) is 19.6 Å². The maximum atomic E-state index is 5.77. The quantitative estimate of drug-likeness (QED) is 0.465. The summed E-state index contributed by atoms with van der Waals surface area (Å²) in [7, 11) is -1.03. The molecule has 2 heterocycles. The van der Waals surface area contributed by atoms with E-state index in [4.69, 9.17) is 16.3 Å². The zero-order valence-electron chi connectivity index (χ0n) is 11.7. The van der Waals surface area contributed by atoms with Gasteiger partial charge in [-0.15, -0.1) is 11.6 Å². The Morgan fingerprint density at radius 1 is 1.32 bits per heavy atom. The van der Waals surface area contributed by atoms with Crippen LogP contribution in [-0.4, -0.2) is 29.4 Å². The van der Waals surface area contributed by atoms with Crippen LogP contribution in [0.15, 0.2) is 18.3 Å². The predicted molar refractivity (Wildman–Crippen MR) is 81.2 cm³/mol. The van der Waals surface area contributed by atoms with E-state index in [1.807, 2.05) is 16.8 Å². The van der Waals surface area contributed by atoms with Crippen LogP contribution < -0.4 is 0 Å². The van der Waals surface area contributed by atoms with Gasteiger partial charge in [-0.3, -0.25) is 0 Å². The molecule has 0 aliphatic heterocycles. The Kier molecular flexibility index (Phi) is 4.60. The van der Waals surface area contributed by atoms with Crippen LogP contribution >= 0.6 is 11.6 Å². The van der Waals surface area contributed by atoms with Crippen molar-refractivity contribution in [2.75, 3.05) is 6.61 Å². The summed E-state index contributed by atoms with van der Waals surface area (Å²) >= 11 is 5.77. The summed E-state index contributed by atoms with van der Waals surface area (Å²) < 4.78 is 7.54. The third-order valence-corrected chi connectivity index (χ3v) is 4.88. The summed E-state index contributed by atoms with van der Waals surface area (Å²) in [6.45, 7) is 8.31. The molecular formula is C13H20ClN3OSi. The lowest BCUT2D eigenvalue weighted by atomic mass is 10.3. The predicted octanol–water partition coefficient (Wildman–Crippen LogP) is 3.48. The minimum absolute atomic E-state index is 0.424. The molecule has 0 N–H and O–H groups in total. The van der Waals surface area contributed by atoms with Crippen LogP contribution in [0.5, 0.6) is 0 Å². The molecule has 0 saturated heterocycles. The highest BCUT2D eigenvalue weighted by Crippen LogP contribution is 2.14. The van der Waals surface area contributed by atoms with Gasteiger partial charge in [0.25, 0.3) is 0 Å². The Morgan fingerprint density at radius 3 is 2.79 bits per heavy atom. The van der Waals surface area contributed by atoms with Gasteiger partial charge in [0.1, 0.15) is 12.2 Å². The molecule has 0 aliphatic carbocycles. The number of hydrogen-bond donors (Lipinski definition) is 0. The monoisotopic (exact) mass is 297 g/mol. The van der Waals surface area contributed by atoms with E-state index in [-0.39, 0.29) is 0 Å². The number of rotatable bonds is 6. The largest absolute Gasteiger partial charge is 0.360 e. The van der Waals surface area contributed by atoms with Crippen LogP contribution in [0.2, 0.25) is 25.7 Å². The van der Waals surface area contributed by atoms with Gasteiger partial charge in [-0.2, -0.15) is 5.10 Å². The summed E-state index contributed by atoms with van der Waals surface area (Å²) in [4.78, 5) is 4.42. The number of ether oxygens (including phenoxy) is 1. The molecular weight excluding hydrogens is 278 g/mol. The number of hydrogen-bond acceptors (Lipinski definition) is 3. The van der Waals surface area contributed by atoms with Crippen LogP contribution in [-0.2, 0) is 17.3 Å². The summed E-state index contributed by atoms with van der Waals surface area (Å²) in [5, 5.41) is 4.30. The first-order valence-corrected chi connectivity index (χ1v) is 10.7. The van der Waals surface area contributed by atoms with E-state index in [2.05, 4.69) is 29.7 Å². The van der Waals surface area contributed by atoms with Gasteiger partial charge in [0, 0.05) is 14.7 Å². The number of halogens is 1. The molecule has 2 aromatic heterocycles. The standard InChI is InChI=1S/C13H20ClN3OSi/c1-19(2,3)7-6-18-10-17-13-5-4-11(8-14)16-12(13)9-15-17/h4-5,9H,6-8,10H2,1-3H3. The molecule has 19 heavy (non-hydrogen) atoms. The SMILES string of the molecule is C[Si](C)(C)CCOCn1ncc2nc(CCl)ccc21. The van der Waals surface area contributed by atoms with Crippen LogP contribution in [0.1, 0.15) is 5.69 Å². The number of pyridine rings is 1. The average Bonchev–Trinajstić information content (AvgIpc) is 2.75. The Hall–Kier alpha value is -0.913. The van der Waals surface area contributed by atoms with E-state index in [1.165, 1.54) is 6.04 Å². The van der Waals surface area contributed by atoms with Gasteiger partial charge in [-0.05, 0) is 18.2 Å². The van der Waals surface area contributed by atoms with Crippen molar-refractivity contribution in [3.8, 4) is 0 Å². The lowest BCUT2D eigenvalue weighted by molar-refractivity contribution is 0.0817. The Balaban J connectivity index is 1.98. The van der Waals surface area contributed by atoms with Gasteiger partial charge in [0.15, 0.2) is 0 Å². The van der Waals surface area contributed by atoms with Crippen molar-refractivity contribution in [3.63, 3.8) is 0 Å². The molecule has 0 spiro atoms. The first kappa shape index (κ1) is 14.5. The van der Waals surface area contributed by atoms with Crippen molar-refractivity contribution in [2.45, 2.75) is 38.3 Å². The lowest BCUT2D eigenvalue weighted by Gasteiger charge is -2.15. The Morgan fingerprint density at radius 2 is 2.11 bits per heavy atom. The highest BCUT2D eigenvalue weighted by atomic mass is 35.5. The molecule has 0 saturated carbocycles. The van der Waals surface area contributed by atoms with Crippen LogP contribution in [0.4, 0.5) is 0 Å². The minimum Gasteiger partial charge on any atom is -0.360 e. The highest BCUT2D eigenvalue weighted by molar-refractivity contribution is 6.76. The zero-order chi connectivity index (χ0) is 13.9. The van der Waals surface area contributed by atoms with E-state index < -0.39 is 8.07 Å². The van der Waals surface area contributed by atoms with E-state index in [1.54, 1.807) is 6.20 Å². The fourth-order valence-electron chi connectivity index (χ4n) is 1.72. The molecule has 0 bridgehead atoms. The molecule has 0 atom stereocenters.